The fraction of sp³-hybridized carbons (Fsp3) is 0.333. The van der Waals surface area contributed by atoms with E-state index < -0.39 is 11.2 Å². The summed E-state index contributed by atoms with van der Waals surface area (Å²) < 4.78 is 5.92. The summed E-state index contributed by atoms with van der Waals surface area (Å²) in [5.74, 6) is 0.489. The van der Waals surface area contributed by atoms with Crippen LogP contribution in [0.2, 0.25) is 0 Å². The average molecular weight is 315 g/mol. The maximum absolute atomic E-state index is 11.9. The molecule has 0 aliphatic heterocycles. The Morgan fingerprint density at radius 2 is 2.04 bits per heavy atom. The monoisotopic (exact) mass is 315 g/mol. The van der Waals surface area contributed by atoms with E-state index >= 15 is 0 Å². The molecule has 120 valence electrons. The van der Waals surface area contributed by atoms with Crippen molar-refractivity contribution in [3.8, 4) is 11.3 Å². The first-order valence-corrected chi connectivity index (χ1v) is 7.21. The molecule has 0 atom stereocenters. The van der Waals surface area contributed by atoms with Gasteiger partial charge in [-0.15, -0.1) is 0 Å². The van der Waals surface area contributed by atoms with Gasteiger partial charge in [0.05, 0.1) is 11.3 Å². The van der Waals surface area contributed by atoms with E-state index in [1.54, 1.807) is 31.1 Å². The number of hydrogen-bond donors (Lipinski definition) is 2. The molecule has 0 bridgehead atoms. The van der Waals surface area contributed by atoms with E-state index in [1.807, 2.05) is 6.07 Å². The summed E-state index contributed by atoms with van der Waals surface area (Å²) in [6.45, 7) is 0. The van der Waals surface area contributed by atoms with Crippen LogP contribution >= 0.6 is 0 Å². The van der Waals surface area contributed by atoms with E-state index in [1.165, 1.54) is 6.20 Å². The number of hydrogen-bond acceptors (Lipinski definition) is 5. The van der Waals surface area contributed by atoms with Crippen molar-refractivity contribution < 1.29 is 4.74 Å². The van der Waals surface area contributed by atoms with E-state index in [4.69, 9.17) is 0 Å². The Morgan fingerprint density at radius 1 is 1.30 bits per heavy atom. The molecule has 3 aromatic heterocycles. The summed E-state index contributed by atoms with van der Waals surface area (Å²) in [5.41, 5.74) is 1.85. The number of rotatable bonds is 2. The first kappa shape index (κ1) is 15.2. The van der Waals surface area contributed by atoms with E-state index in [0.29, 0.717) is 17.2 Å². The molecule has 0 unspecified atom stereocenters. The first-order chi connectivity index (χ1) is 11.1. The number of nitrogens with one attached hydrogen (secondary N) is 2. The van der Waals surface area contributed by atoms with Gasteiger partial charge >= 0.3 is 5.69 Å². The minimum atomic E-state index is -0.523. The topological polar surface area (TPSA) is 105 Å². The van der Waals surface area contributed by atoms with Crippen LogP contribution in [0.4, 0.5) is 0 Å². The van der Waals surface area contributed by atoms with Gasteiger partial charge in [-0.1, -0.05) is 0 Å². The zero-order valence-electron chi connectivity index (χ0n) is 12.9. The highest BCUT2D eigenvalue weighted by molar-refractivity contribution is 5.62. The molecule has 0 saturated heterocycles. The number of methoxy groups -OCH3 is 1. The minimum absolute atomic E-state index is 0.349. The van der Waals surface area contributed by atoms with Crippen LogP contribution in [0.1, 0.15) is 24.3 Å². The number of H-pyrrole nitrogens is 2. The lowest BCUT2D eigenvalue weighted by molar-refractivity contribution is 0.277. The summed E-state index contributed by atoms with van der Waals surface area (Å²) in [7, 11) is 3.25. The van der Waals surface area contributed by atoms with Gasteiger partial charge < -0.3 is 9.72 Å². The predicted molar refractivity (Wildman–Crippen MR) is 84.6 cm³/mol. The van der Waals surface area contributed by atoms with Gasteiger partial charge in [-0.2, -0.15) is 5.10 Å². The summed E-state index contributed by atoms with van der Waals surface area (Å²) in [5, 5.41) is 4.38. The SMILES string of the molecule is COC.O=c1[nH]cc(-c2cc(C3CC3)c3nccn3n2)c(=O)[nH]1. The van der Waals surface area contributed by atoms with Gasteiger partial charge in [0.25, 0.3) is 5.56 Å². The van der Waals surface area contributed by atoms with Crippen molar-refractivity contribution in [2.24, 2.45) is 0 Å². The smallest absolute Gasteiger partial charge is 0.325 e. The number of nitrogens with zero attached hydrogens (tertiary/aromatic N) is 3. The molecule has 0 spiro atoms. The zero-order chi connectivity index (χ0) is 16.4. The molecule has 0 aromatic carbocycles. The molecule has 4 rings (SSSR count). The van der Waals surface area contributed by atoms with Gasteiger partial charge in [-0.05, 0) is 24.8 Å². The molecule has 23 heavy (non-hydrogen) atoms. The largest absolute Gasteiger partial charge is 0.388 e. The minimum Gasteiger partial charge on any atom is -0.388 e. The van der Waals surface area contributed by atoms with Crippen LogP contribution in [0.15, 0.2) is 34.2 Å². The fourth-order valence-corrected chi connectivity index (χ4v) is 2.37. The third-order valence-electron chi connectivity index (χ3n) is 3.50. The highest BCUT2D eigenvalue weighted by atomic mass is 16.4. The molecule has 0 amide bonds. The standard InChI is InChI=1S/C13H11N5O2.C2H6O/c19-12-9(6-15-13(20)16-12)10-5-8(7-1-2-7)11-14-3-4-18(11)17-10;1-3-2/h3-7H,1-2H2,(H2,15,16,19,20);1-2H3. The van der Waals surface area contributed by atoms with Crippen molar-refractivity contribution in [2.75, 3.05) is 14.2 Å². The van der Waals surface area contributed by atoms with Crippen molar-refractivity contribution in [1.82, 2.24) is 24.6 Å². The molecule has 1 aliphatic rings. The van der Waals surface area contributed by atoms with Crippen LogP contribution in [0, 0.1) is 0 Å². The number of aromatic nitrogens is 5. The van der Waals surface area contributed by atoms with Gasteiger partial charge in [-0.25, -0.2) is 14.3 Å². The molecule has 1 saturated carbocycles. The zero-order valence-corrected chi connectivity index (χ0v) is 12.9. The van der Waals surface area contributed by atoms with Crippen molar-refractivity contribution in [1.29, 1.82) is 0 Å². The third kappa shape index (κ3) is 3.07. The van der Waals surface area contributed by atoms with Gasteiger partial charge in [0, 0.05) is 38.4 Å². The summed E-state index contributed by atoms with van der Waals surface area (Å²) in [4.78, 5) is 31.9. The van der Waals surface area contributed by atoms with Crippen LogP contribution in [0.25, 0.3) is 16.9 Å². The fourth-order valence-electron chi connectivity index (χ4n) is 2.37. The molecule has 3 heterocycles. The number of imidazole rings is 1. The molecule has 8 heteroatoms. The second-order valence-electron chi connectivity index (χ2n) is 5.35. The van der Waals surface area contributed by atoms with Crippen molar-refractivity contribution in [2.45, 2.75) is 18.8 Å². The van der Waals surface area contributed by atoms with Crippen LogP contribution in [-0.2, 0) is 4.74 Å². The molecule has 3 aromatic rings. The van der Waals surface area contributed by atoms with Crippen molar-refractivity contribution in [3.05, 3.63) is 51.1 Å². The second-order valence-corrected chi connectivity index (χ2v) is 5.35. The van der Waals surface area contributed by atoms with Gasteiger partial charge in [-0.3, -0.25) is 9.78 Å². The molecule has 1 fully saturated rings. The molecule has 0 radical (unpaired) electrons. The van der Waals surface area contributed by atoms with Crippen LogP contribution < -0.4 is 11.2 Å². The quantitative estimate of drug-likeness (QED) is 0.731. The van der Waals surface area contributed by atoms with Gasteiger partial charge in [0.15, 0.2) is 5.65 Å². The van der Waals surface area contributed by atoms with Gasteiger partial charge in [0.2, 0.25) is 0 Å². The first-order valence-electron chi connectivity index (χ1n) is 7.21. The van der Waals surface area contributed by atoms with E-state index in [-0.39, 0.29) is 0 Å². The Kier molecular flexibility index (Phi) is 4.07. The molecule has 1 aliphatic carbocycles. The Bertz CT molecular complexity index is 936. The number of fused-ring (bicyclic) bond motifs is 1. The highest BCUT2D eigenvalue weighted by Crippen LogP contribution is 2.42. The van der Waals surface area contributed by atoms with E-state index in [0.717, 1.165) is 24.1 Å². The summed E-state index contributed by atoms with van der Waals surface area (Å²) in [6, 6.07) is 1.89. The summed E-state index contributed by atoms with van der Waals surface area (Å²) in [6.07, 6.45) is 7.10. The molecule has 2 N–H and O–H groups in total. The van der Waals surface area contributed by atoms with E-state index in [2.05, 4.69) is 24.8 Å². The summed E-state index contributed by atoms with van der Waals surface area (Å²) >= 11 is 0. The molecular formula is C15H17N5O3. The van der Waals surface area contributed by atoms with Crippen LogP contribution in [0.3, 0.4) is 0 Å². The third-order valence-corrected chi connectivity index (χ3v) is 3.50. The van der Waals surface area contributed by atoms with Crippen molar-refractivity contribution in [3.63, 3.8) is 0 Å². The predicted octanol–water partition coefficient (Wildman–Crippen LogP) is 0.913. The molecule has 8 nitrogen and oxygen atoms in total. The molecular weight excluding hydrogens is 298 g/mol. The lowest BCUT2D eigenvalue weighted by atomic mass is 10.1. The van der Waals surface area contributed by atoms with Gasteiger partial charge in [0.1, 0.15) is 0 Å². The lowest BCUT2D eigenvalue weighted by Crippen LogP contribution is -2.23. The average Bonchev–Trinajstić information content (AvgIpc) is 3.24. The second kappa shape index (κ2) is 6.17. The van der Waals surface area contributed by atoms with Crippen LogP contribution in [-0.4, -0.2) is 38.8 Å². The Hall–Kier alpha value is -2.74. The number of aromatic amines is 2. The Morgan fingerprint density at radius 3 is 2.70 bits per heavy atom. The lowest BCUT2D eigenvalue weighted by Gasteiger charge is -2.05. The van der Waals surface area contributed by atoms with E-state index in [9.17, 15) is 9.59 Å². The number of ether oxygens (including phenoxy) is 1. The van der Waals surface area contributed by atoms with Crippen molar-refractivity contribution >= 4 is 5.65 Å². The van der Waals surface area contributed by atoms with Crippen LogP contribution in [0.5, 0.6) is 0 Å². The normalized spacial score (nSPS) is 13.7. The highest BCUT2D eigenvalue weighted by Gasteiger charge is 2.27. The Labute approximate surface area is 131 Å². The maximum atomic E-state index is 11.9. The Balaban J connectivity index is 0.000000485. The maximum Gasteiger partial charge on any atom is 0.325 e.